The summed E-state index contributed by atoms with van der Waals surface area (Å²) in [6, 6.07) is 9.77. The van der Waals surface area contributed by atoms with E-state index in [0.29, 0.717) is 34.1 Å². The number of amides is 1. The number of hydrogen-bond acceptors (Lipinski definition) is 5. The van der Waals surface area contributed by atoms with Gasteiger partial charge in [-0.2, -0.15) is 5.10 Å². The molecule has 30 heavy (non-hydrogen) atoms. The van der Waals surface area contributed by atoms with Gasteiger partial charge in [-0.05, 0) is 32.0 Å². The van der Waals surface area contributed by atoms with Crippen molar-refractivity contribution >= 4 is 11.6 Å². The Morgan fingerprint density at radius 2 is 1.73 bits per heavy atom. The first kappa shape index (κ1) is 21.2. The quantitative estimate of drug-likeness (QED) is 0.635. The van der Waals surface area contributed by atoms with E-state index < -0.39 is 0 Å². The Balaban J connectivity index is 1.91. The van der Waals surface area contributed by atoms with Crippen LogP contribution in [-0.4, -0.2) is 37.0 Å². The van der Waals surface area contributed by atoms with E-state index in [1.807, 2.05) is 6.92 Å². The fourth-order valence-electron chi connectivity index (χ4n) is 3.28. The standard InChI is InChI=1S/C22H24FN3O4/c1-13-19(14(2)26(25-13)12-15-8-6-7-9-17(15)23)24-22(27)16-10-11-18(28-3)21(30-5)20(16)29-4/h6-11H,12H2,1-5H3,(H,24,27). The molecule has 0 atom stereocenters. The number of aryl methyl sites for hydroxylation is 1. The third kappa shape index (κ3) is 3.94. The number of methoxy groups -OCH3 is 3. The van der Waals surface area contributed by atoms with Gasteiger partial charge in [-0.25, -0.2) is 4.39 Å². The number of hydrogen-bond donors (Lipinski definition) is 1. The van der Waals surface area contributed by atoms with Crippen molar-refractivity contribution in [3.63, 3.8) is 0 Å². The molecule has 0 saturated heterocycles. The SMILES string of the molecule is COc1ccc(C(=O)Nc2c(C)nn(Cc3ccccc3F)c2C)c(OC)c1OC. The lowest BCUT2D eigenvalue weighted by Gasteiger charge is -2.15. The second-order valence-corrected chi connectivity index (χ2v) is 6.63. The van der Waals surface area contributed by atoms with Crippen molar-refractivity contribution < 1.29 is 23.4 Å². The van der Waals surface area contributed by atoms with Crippen LogP contribution in [0.15, 0.2) is 36.4 Å². The van der Waals surface area contributed by atoms with Crippen LogP contribution in [0.25, 0.3) is 0 Å². The van der Waals surface area contributed by atoms with Gasteiger partial charge in [-0.15, -0.1) is 0 Å². The molecule has 1 amide bonds. The summed E-state index contributed by atoms with van der Waals surface area (Å²) >= 11 is 0. The van der Waals surface area contributed by atoms with E-state index in [-0.39, 0.29) is 29.6 Å². The fourth-order valence-corrected chi connectivity index (χ4v) is 3.28. The van der Waals surface area contributed by atoms with E-state index in [1.54, 1.807) is 41.9 Å². The van der Waals surface area contributed by atoms with Crippen LogP contribution in [0.5, 0.6) is 17.2 Å². The Morgan fingerprint density at radius 1 is 1.03 bits per heavy atom. The minimum atomic E-state index is -0.385. The number of nitrogens with one attached hydrogen (secondary N) is 1. The highest BCUT2D eigenvalue weighted by molar-refractivity contribution is 6.07. The van der Waals surface area contributed by atoms with E-state index in [2.05, 4.69) is 10.4 Å². The Morgan fingerprint density at radius 3 is 2.37 bits per heavy atom. The maximum Gasteiger partial charge on any atom is 0.259 e. The summed E-state index contributed by atoms with van der Waals surface area (Å²) in [6.45, 7) is 3.86. The molecule has 2 aromatic carbocycles. The molecule has 0 radical (unpaired) electrons. The molecule has 0 spiro atoms. The van der Waals surface area contributed by atoms with Gasteiger partial charge in [0.25, 0.3) is 5.91 Å². The van der Waals surface area contributed by atoms with Crippen LogP contribution in [0.2, 0.25) is 0 Å². The smallest absolute Gasteiger partial charge is 0.259 e. The Bertz CT molecular complexity index is 1080. The minimum absolute atomic E-state index is 0.259. The number of anilines is 1. The van der Waals surface area contributed by atoms with Gasteiger partial charge in [0.2, 0.25) is 5.75 Å². The average Bonchev–Trinajstić information content (AvgIpc) is 3.01. The van der Waals surface area contributed by atoms with Crippen molar-refractivity contribution in [2.75, 3.05) is 26.6 Å². The van der Waals surface area contributed by atoms with Gasteiger partial charge in [-0.1, -0.05) is 18.2 Å². The molecule has 1 heterocycles. The van der Waals surface area contributed by atoms with Gasteiger partial charge < -0.3 is 19.5 Å². The van der Waals surface area contributed by atoms with Gasteiger partial charge in [0.15, 0.2) is 11.5 Å². The Labute approximate surface area is 174 Å². The van der Waals surface area contributed by atoms with Crippen LogP contribution >= 0.6 is 0 Å². The number of rotatable bonds is 7. The summed E-state index contributed by atoms with van der Waals surface area (Å²) in [4.78, 5) is 13.0. The van der Waals surface area contributed by atoms with Crippen molar-refractivity contribution in [3.8, 4) is 17.2 Å². The number of carbonyl (C=O) groups excluding carboxylic acids is 1. The van der Waals surface area contributed by atoms with Crippen molar-refractivity contribution in [2.45, 2.75) is 20.4 Å². The van der Waals surface area contributed by atoms with E-state index >= 15 is 0 Å². The van der Waals surface area contributed by atoms with Gasteiger partial charge in [0.05, 0.1) is 50.5 Å². The average molecular weight is 413 g/mol. The number of nitrogens with zero attached hydrogens (tertiary/aromatic N) is 2. The molecule has 3 rings (SSSR count). The van der Waals surface area contributed by atoms with Gasteiger partial charge in [0.1, 0.15) is 5.82 Å². The predicted molar refractivity (Wildman–Crippen MR) is 111 cm³/mol. The number of halogens is 1. The molecule has 1 aromatic heterocycles. The van der Waals surface area contributed by atoms with Crippen LogP contribution in [0.1, 0.15) is 27.3 Å². The molecule has 0 unspecified atom stereocenters. The lowest BCUT2D eigenvalue weighted by atomic mass is 10.1. The molecule has 0 fully saturated rings. The lowest BCUT2D eigenvalue weighted by molar-refractivity contribution is 0.102. The van der Waals surface area contributed by atoms with Crippen LogP contribution in [-0.2, 0) is 6.54 Å². The second-order valence-electron chi connectivity index (χ2n) is 6.63. The van der Waals surface area contributed by atoms with Crippen molar-refractivity contribution in [1.82, 2.24) is 9.78 Å². The van der Waals surface area contributed by atoms with E-state index in [9.17, 15) is 9.18 Å². The largest absolute Gasteiger partial charge is 0.493 e. The first-order valence-electron chi connectivity index (χ1n) is 9.29. The summed E-state index contributed by atoms with van der Waals surface area (Å²) in [5.74, 6) is 0.367. The van der Waals surface area contributed by atoms with Crippen molar-refractivity contribution in [2.24, 2.45) is 0 Å². The van der Waals surface area contributed by atoms with E-state index in [1.165, 1.54) is 27.4 Å². The molecule has 158 valence electrons. The molecule has 1 N–H and O–H groups in total. The van der Waals surface area contributed by atoms with Crippen LogP contribution in [0.4, 0.5) is 10.1 Å². The van der Waals surface area contributed by atoms with Gasteiger partial charge in [-0.3, -0.25) is 9.48 Å². The molecule has 7 nitrogen and oxygen atoms in total. The highest BCUT2D eigenvalue weighted by Gasteiger charge is 2.23. The summed E-state index contributed by atoms with van der Waals surface area (Å²) in [5, 5.41) is 7.34. The molecule has 3 aromatic rings. The minimum Gasteiger partial charge on any atom is -0.493 e. The number of carbonyl (C=O) groups is 1. The topological polar surface area (TPSA) is 74.6 Å². The fraction of sp³-hybridized carbons (Fsp3) is 0.273. The highest BCUT2D eigenvalue weighted by Crippen LogP contribution is 2.40. The highest BCUT2D eigenvalue weighted by atomic mass is 19.1. The van der Waals surface area contributed by atoms with E-state index in [0.717, 1.165) is 0 Å². The van der Waals surface area contributed by atoms with Crippen LogP contribution in [0.3, 0.4) is 0 Å². The van der Waals surface area contributed by atoms with E-state index in [4.69, 9.17) is 14.2 Å². The predicted octanol–water partition coefficient (Wildman–Crippen LogP) is 3.97. The zero-order chi connectivity index (χ0) is 21.8. The molecule has 8 heteroatoms. The first-order valence-corrected chi connectivity index (χ1v) is 9.29. The summed E-state index contributed by atoms with van der Waals surface area (Å²) in [6.07, 6.45) is 0. The van der Waals surface area contributed by atoms with Gasteiger partial charge in [0, 0.05) is 5.56 Å². The number of ether oxygens (including phenoxy) is 3. The maximum absolute atomic E-state index is 14.0. The molecule has 0 saturated carbocycles. The first-order chi connectivity index (χ1) is 14.4. The third-order valence-corrected chi connectivity index (χ3v) is 4.85. The summed E-state index contributed by atoms with van der Waals surface area (Å²) in [5.41, 5.74) is 2.70. The summed E-state index contributed by atoms with van der Waals surface area (Å²) < 4.78 is 31.7. The molecule has 0 bridgehead atoms. The Kier molecular flexibility index (Phi) is 6.25. The molecule has 0 aliphatic carbocycles. The molecule has 0 aliphatic heterocycles. The normalized spacial score (nSPS) is 10.6. The third-order valence-electron chi connectivity index (χ3n) is 4.85. The monoisotopic (exact) mass is 413 g/mol. The molecular formula is C22H24FN3O4. The second kappa shape index (κ2) is 8.86. The van der Waals surface area contributed by atoms with Crippen LogP contribution < -0.4 is 19.5 Å². The van der Waals surface area contributed by atoms with Crippen molar-refractivity contribution in [3.05, 3.63) is 64.7 Å². The lowest BCUT2D eigenvalue weighted by Crippen LogP contribution is -2.15. The molecule has 0 aliphatic rings. The van der Waals surface area contributed by atoms with Crippen molar-refractivity contribution in [1.29, 1.82) is 0 Å². The summed E-state index contributed by atoms with van der Waals surface area (Å²) in [7, 11) is 4.44. The molecular weight excluding hydrogens is 389 g/mol. The van der Waals surface area contributed by atoms with Crippen LogP contribution in [0, 0.1) is 19.7 Å². The zero-order valence-corrected chi connectivity index (χ0v) is 17.6. The zero-order valence-electron chi connectivity index (χ0n) is 17.6. The number of benzene rings is 2. The number of aromatic nitrogens is 2. The Hall–Kier alpha value is -3.55. The van der Waals surface area contributed by atoms with Gasteiger partial charge >= 0.3 is 0 Å². The maximum atomic E-state index is 14.0.